The van der Waals surface area contributed by atoms with Crippen LogP contribution in [-0.4, -0.2) is 9.78 Å². The summed E-state index contributed by atoms with van der Waals surface area (Å²) in [5.74, 6) is 0.164. The highest BCUT2D eigenvalue weighted by Crippen LogP contribution is 2.25. The summed E-state index contributed by atoms with van der Waals surface area (Å²) >= 11 is 6.81. The smallest absolute Gasteiger partial charge is 0.131 e. The van der Waals surface area contributed by atoms with Gasteiger partial charge in [-0.3, -0.25) is 4.68 Å². The van der Waals surface area contributed by atoms with E-state index in [1.807, 2.05) is 11.6 Å². The Balaban J connectivity index is 2.20. The van der Waals surface area contributed by atoms with Gasteiger partial charge in [0, 0.05) is 17.1 Å². The first-order valence-electron chi connectivity index (χ1n) is 6.38. The number of ether oxygens (including phenoxy) is 1. The molecule has 0 aliphatic carbocycles. The summed E-state index contributed by atoms with van der Waals surface area (Å²) in [6.07, 6.45) is 0.853. The van der Waals surface area contributed by atoms with E-state index in [9.17, 15) is 4.39 Å². The quantitative estimate of drug-likeness (QED) is 0.720. The largest absolute Gasteiger partial charge is 0.487 e. The van der Waals surface area contributed by atoms with E-state index in [2.05, 4.69) is 43.9 Å². The molecular weight excluding hydrogens is 391 g/mol. The van der Waals surface area contributed by atoms with Crippen molar-refractivity contribution >= 4 is 31.9 Å². The molecule has 0 atom stereocenters. The van der Waals surface area contributed by atoms with Gasteiger partial charge in [-0.05, 0) is 41.4 Å². The van der Waals surface area contributed by atoms with Crippen LogP contribution in [0.15, 0.2) is 27.1 Å². The number of hydrogen-bond acceptors (Lipinski definition) is 2. The maximum absolute atomic E-state index is 13.3. The number of benzene rings is 1. The first-order valence-corrected chi connectivity index (χ1v) is 7.96. The van der Waals surface area contributed by atoms with Gasteiger partial charge in [0.05, 0.1) is 15.9 Å². The lowest BCUT2D eigenvalue weighted by Crippen LogP contribution is -2.06. The normalized spacial score (nSPS) is 10.8. The molecule has 2 aromatic rings. The van der Waals surface area contributed by atoms with E-state index in [-0.39, 0.29) is 5.82 Å². The fraction of sp³-hybridized carbons (Fsp3) is 0.357. The molecule has 6 heteroatoms. The van der Waals surface area contributed by atoms with Crippen LogP contribution >= 0.6 is 31.9 Å². The van der Waals surface area contributed by atoms with Gasteiger partial charge >= 0.3 is 0 Å². The van der Waals surface area contributed by atoms with Crippen molar-refractivity contribution in [3.05, 3.63) is 44.3 Å². The number of nitrogens with zero attached hydrogens (tertiary/aromatic N) is 2. The first kappa shape index (κ1) is 15.5. The minimum Gasteiger partial charge on any atom is -0.487 e. The topological polar surface area (TPSA) is 27.1 Å². The number of aromatic nitrogens is 2. The summed E-state index contributed by atoms with van der Waals surface area (Å²) in [6.45, 7) is 5.20. The zero-order valence-electron chi connectivity index (χ0n) is 11.3. The molecule has 1 heterocycles. The third-order valence-corrected chi connectivity index (χ3v) is 4.28. The summed E-state index contributed by atoms with van der Waals surface area (Å²) in [7, 11) is 0. The van der Waals surface area contributed by atoms with Crippen LogP contribution in [0.1, 0.15) is 25.2 Å². The second kappa shape index (κ2) is 6.72. The molecule has 3 nitrogen and oxygen atoms in total. The monoisotopic (exact) mass is 404 g/mol. The van der Waals surface area contributed by atoms with Gasteiger partial charge in [0.2, 0.25) is 0 Å². The van der Waals surface area contributed by atoms with E-state index in [4.69, 9.17) is 4.74 Å². The van der Waals surface area contributed by atoms with Crippen LogP contribution in [0, 0.1) is 5.82 Å². The Kier molecular flexibility index (Phi) is 5.21. The van der Waals surface area contributed by atoms with Gasteiger partial charge < -0.3 is 4.74 Å². The number of halogens is 3. The molecule has 0 radical (unpaired) electrons. The second-order valence-corrected chi connectivity index (χ2v) is 5.98. The Morgan fingerprint density at radius 3 is 2.60 bits per heavy atom. The molecule has 0 spiro atoms. The Bertz CT molecular complexity index is 593. The molecular formula is C14H15Br2FN2O. The van der Waals surface area contributed by atoms with Gasteiger partial charge in [-0.1, -0.05) is 22.9 Å². The summed E-state index contributed by atoms with van der Waals surface area (Å²) in [5.41, 5.74) is 1.97. The average molecular weight is 406 g/mol. The SMILES string of the molecule is CCc1nn(CC)c(COc2cc(F)cc(Br)c2)c1Br. The lowest BCUT2D eigenvalue weighted by atomic mass is 10.3. The lowest BCUT2D eigenvalue weighted by molar-refractivity contribution is 0.290. The molecule has 0 N–H and O–H groups in total. The van der Waals surface area contributed by atoms with Crippen LogP contribution in [0.5, 0.6) is 5.75 Å². The van der Waals surface area contributed by atoms with Gasteiger partial charge in [0.15, 0.2) is 0 Å². The molecule has 2 rings (SSSR count). The summed E-state index contributed by atoms with van der Waals surface area (Å²) in [6, 6.07) is 4.50. The molecule has 0 aliphatic rings. The van der Waals surface area contributed by atoms with Crippen LogP contribution in [-0.2, 0) is 19.6 Å². The molecule has 1 aromatic heterocycles. The Morgan fingerprint density at radius 2 is 2.00 bits per heavy atom. The van der Waals surface area contributed by atoms with E-state index in [0.717, 1.165) is 28.8 Å². The third kappa shape index (κ3) is 3.41. The van der Waals surface area contributed by atoms with Gasteiger partial charge in [-0.15, -0.1) is 0 Å². The van der Waals surface area contributed by atoms with Gasteiger partial charge in [-0.25, -0.2) is 4.39 Å². The van der Waals surface area contributed by atoms with Gasteiger partial charge in [0.1, 0.15) is 18.2 Å². The second-order valence-electron chi connectivity index (χ2n) is 4.27. The average Bonchev–Trinajstić information content (AvgIpc) is 2.71. The van der Waals surface area contributed by atoms with Crippen molar-refractivity contribution < 1.29 is 9.13 Å². The highest BCUT2D eigenvalue weighted by atomic mass is 79.9. The van der Waals surface area contributed by atoms with Crippen molar-refractivity contribution in [2.24, 2.45) is 0 Å². The zero-order chi connectivity index (χ0) is 14.7. The van der Waals surface area contributed by atoms with Crippen molar-refractivity contribution in [2.75, 3.05) is 0 Å². The van der Waals surface area contributed by atoms with Crippen LogP contribution in [0.4, 0.5) is 4.39 Å². The predicted molar refractivity (Wildman–Crippen MR) is 83.4 cm³/mol. The molecule has 0 aliphatic heterocycles. The van der Waals surface area contributed by atoms with Gasteiger partial charge in [0.25, 0.3) is 0 Å². The van der Waals surface area contributed by atoms with Crippen LogP contribution < -0.4 is 4.74 Å². The minimum absolute atomic E-state index is 0.327. The third-order valence-electron chi connectivity index (χ3n) is 2.91. The summed E-state index contributed by atoms with van der Waals surface area (Å²) < 4.78 is 22.5. The summed E-state index contributed by atoms with van der Waals surface area (Å²) in [4.78, 5) is 0. The molecule has 0 saturated heterocycles. The minimum atomic E-state index is -0.327. The molecule has 0 fully saturated rings. The maximum Gasteiger partial charge on any atom is 0.131 e. The molecule has 0 amide bonds. The maximum atomic E-state index is 13.3. The van der Waals surface area contributed by atoms with E-state index >= 15 is 0 Å². The Hall–Kier alpha value is -0.880. The number of aryl methyl sites for hydroxylation is 2. The van der Waals surface area contributed by atoms with E-state index in [1.54, 1.807) is 6.07 Å². The Morgan fingerprint density at radius 1 is 1.25 bits per heavy atom. The highest BCUT2D eigenvalue weighted by Gasteiger charge is 2.14. The lowest BCUT2D eigenvalue weighted by Gasteiger charge is -2.09. The van der Waals surface area contributed by atoms with Crippen LogP contribution in [0.25, 0.3) is 0 Å². The van der Waals surface area contributed by atoms with Crippen LogP contribution in [0.2, 0.25) is 0 Å². The van der Waals surface area contributed by atoms with Crippen molar-refractivity contribution in [1.29, 1.82) is 0 Å². The van der Waals surface area contributed by atoms with Crippen molar-refractivity contribution in [3.63, 3.8) is 0 Å². The molecule has 1 aromatic carbocycles. The van der Waals surface area contributed by atoms with Crippen molar-refractivity contribution in [2.45, 2.75) is 33.4 Å². The number of rotatable bonds is 5. The highest BCUT2D eigenvalue weighted by molar-refractivity contribution is 9.10. The van der Waals surface area contributed by atoms with E-state index in [1.165, 1.54) is 12.1 Å². The van der Waals surface area contributed by atoms with Gasteiger partial charge in [-0.2, -0.15) is 5.10 Å². The Labute approximate surface area is 134 Å². The summed E-state index contributed by atoms with van der Waals surface area (Å²) in [5, 5.41) is 4.50. The zero-order valence-corrected chi connectivity index (χ0v) is 14.5. The number of hydrogen-bond donors (Lipinski definition) is 0. The van der Waals surface area contributed by atoms with Crippen LogP contribution in [0.3, 0.4) is 0 Å². The fourth-order valence-corrected chi connectivity index (χ4v) is 3.04. The first-order chi connectivity index (χ1) is 9.55. The molecule has 108 valence electrons. The molecule has 0 bridgehead atoms. The molecule has 0 unspecified atom stereocenters. The fourth-order valence-electron chi connectivity index (χ4n) is 1.92. The predicted octanol–water partition coefficient (Wildman–Crippen LogP) is 4.71. The van der Waals surface area contributed by atoms with E-state index < -0.39 is 0 Å². The molecule has 0 saturated carbocycles. The van der Waals surface area contributed by atoms with Crippen molar-refractivity contribution in [1.82, 2.24) is 9.78 Å². The standard InChI is InChI=1S/C14H15Br2FN2O/c1-3-12-14(16)13(19(4-2)18-12)8-20-11-6-9(15)5-10(17)7-11/h5-7H,3-4,8H2,1-2H3. The van der Waals surface area contributed by atoms with E-state index in [0.29, 0.717) is 16.8 Å². The van der Waals surface area contributed by atoms with Crippen molar-refractivity contribution in [3.8, 4) is 5.75 Å². The molecule has 20 heavy (non-hydrogen) atoms.